The molecule has 0 spiro atoms. The van der Waals surface area contributed by atoms with E-state index in [1.54, 1.807) is 0 Å². The molecule has 14 heavy (non-hydrogen) atoms. The topological polar surface area (TPSA) is 38.9 Å². The summed E-state index contributed by atoms with van der Waals surface area (Å²) < 4.78 is 0. The Hall–Kier alpha value is -0.600. The van der Waals surface area contributed by atoms with E-state index in [9.17, 15) is 0 Å². The highest BCUT2D eigenvalue weighted by Gasteiger charge is 2.25. The molecule has 1 aliphatic rings. The largest absolute Gasteiger partial charge is 0.324 e. The van der Waals surface area contributed by atoms with Crippen molar-refractivity contribution in [3.63, 3.8) is 0 Å². The van der Waals surface area contributed by atoms with Gasteiger partial charge in [-0.1, -0.05) is 24.4 Å². The van der Waals surface area contributed by atoms with Crippen LogP contribution >= 0.6 is 11.6 Å². The van der Waals surface area contributed by atoms with Crippen molar-refractivity contribution in [2.24, 2.45) is 11.7 Å². The van der Waals surface area contributed by atoms with Gasteiger partial charge in [0.25, 0.3) is 0 Å². The molecule has 0 aliphatic heterocycles. The van der Waals surface area contributed by atoms with Crippen LogP contribution in [0.1, 0.15) is 36.4 Å². The molecule has 0 unspecified atom stereocenters. The highest BCUT2D eigenvalue weighted by atomic mass is 35.5. The molecule has 1 aromatic rings. The zero-order valence-corrected chi connectivity index (χ0v) is 9.09. The summed E-state index contributed by atoms with van der Waals surface area (Å²) >= 11 is 5.79. The van der Waals surface area contributed by atoms with Crippen molar-refractivity contribution in [2.45, 2.75) is 32.2 Å². The average Bonchev–Trinajstić information content (AvgIpc) is 2.87. The maximum atomic E-state index is 6.10. The zero-order chi connectivity index (χ0) is 10.1. The third-order valence-electron chi connectivity index (χ3n) is 2.80. The number of aromatic nitrogens is 1. The van der Waals surface area contributed by atoms with Crippen molar-refractivity contribution >= 4 is 11.6 Å². The van der Waals surface area contributed by atoms with E-state index in [4.69, 9.17) is 17.3 Å². The first kappa shape index (κ1) is 9.94. The summed E-state index contributed by atoms with van der Waals surface area (Å²) in [6, 6.07) is 2.01. The molecule has 1 atom stereocenters. The van der Waals surface area contributed by atoms with E-state index < -0.39 is 0 Å². The van der Waals surface area contributed by atoms with E-state index in [2.05, 4.69) is 4.98 Å². The van der Waals surface area contributed by atoms with Crippen LogP contribution in [0.15, 0.2) is 12.3 Å². The lowest BCUT2D eigenvalue weighted by Gasteiger charge is -2.13. The Bertz CT molecular complexity index is 334. The molecule has 0 saturated heterocycles. The summed E-state index contributed by atoms with van der Waals surface area (Å²) in [6.45, 7) is 2.04. The fourth-order valence-electron chi connectivity index (χ4n) is 1.76. The van der Waals surface area contributed by atoms with Crippen LogP contribution in [0.5, 0.6) is 0 Å². The van der Waals surface area contributed by atoms with Gasteiger partial charge in [-0.3, -0.25) is 0 Å². The van der Waals surface area contributed by atoms with E-state index >= 15 is 0 Å². The second kappa shape index (κ2) is 3.87. The summed E-state index contributed by atoms with van der Waals surface area (Å²) in [5.74, 6) is 0.847. The molecular weight excluding hydrogens is 196 g/mol. The Balaban J connectivity index is 2.13. The second-order valence-corrected chi connectivity index (χ2v) is 4.54. The van der Waals surface area contributed by atoms with E-state index in [1.807, 2.05) is 19.2 Å². The number of hydrogen-bond acceptors (Lipinski definition) is 2. The van der Waals surface area contributed by atoms with E-state index in [-0.39, 0.29) is 6.04 Å². The molecule has 1 fully saturated rings. The minimum absolute atomic E-state index is 0.132. The highest BCUT2D eigenvalue weighted by Crippen LogP contribution is 2.37. The standard InChI is InChI=1S/C11H15ClN2/c1-7-4-11(12)14-6-9(7)10(13)5-8-2-3-8/h4,6,8,10H,2-3,5,13H2,1H3/t10-/m1/s1. The molecule has 1 aromatic heterocycles. The van der Waals surface area contributed by atoms with Crippen LogP contribution < -0.4 is 5.73 Å². The van der Waals surface area contributed by atoms with Crippen molar-refractivity contribution in [1.29, 1.82) is 0 Å². The van der Waals surface area contributed by atoms with Gasteiger partial charge in [0, 0.05) is 12.2 Å². The Kier molecular flexibility index (Phi) is 2.75. The summed E-state index contributed by atoms with van der Waals surface area (Å²) in [6.07, 6.45) is 5.58. The Morgan fingerprint density at radius 3 is 2.93 bits per heavy atom. The van der Waals surface area contributed by atoms with Gasteiger partial charge < -0.3 is 5.73 Å². The zero-order valence-electron chi connectivity index (χ0n) is 8.33. The summed E-state index contributed by atoms with van der Waals surface area (Å²) in [5, 5.41) is 0.546. The number of nitrogens with zero attached hydrogens (tertiary/aromatic N) is 1. The van der Waals surface area contributed by atoms with Crippen molar-refractivity contribution in [3.05, 3.63) is 28.5 Å². The van der Waals surface area contributed by atoms with Gasteiger partial charge in [-0.05, 0) is 36.5 Å². The lowest BCUT2D eigenvalue weighted by atomic mass is 10.00. The van der Waals surface area contributed by atoms with Gasteiger partial charge >= 0.3 is 0 Å². The molecule has 1 saturated carbocycles. The van der Waals surface area contributed by atoms with Crippen LogP contribution in [0.2, 0.25) is 5.15 Å². The average molecular weight is 211 g/mol. The van der Waals surface area contributed by atoms with Gasteiger partial charge in [0.2, 0.25) is 0 Å². The number of rotatable bonds is 3. The molecule has 0 radical (unpaired) electrons. The van der Waals surface area contributed by atoms with Gasteiger partial charge in [-0.2, -0.15) is 0 Å². The Labute approximate surface area is 89.5 Å². The van der Waals surface area contributed by atoms with Gasteiger partial charge in [0.15, 0.2) is 0 Å². The van der Waals surface area contributed by atoms with Crippen LogP contribution in [0, 0.1) is 12.8 Å². The predicted octanol–water partition coefficient (Wildman–Crippen LogP) is 2.84. The molecule has 0 amide bonds. The number of pyridine rings is 1. The maximum Gasteiger partial charge on any atom is 0.129 e. The molecule has 0 bridgehead atoms. The maximum absolute atomic E-state index is 6.10. The first-order chi connectivity index (χ1) is 6.66. The number of halogens is 1. The first-order valence-corrected chi connectivity index (χ1v) is 5.42. The second-order valence-electron chi connectivity index (χ2n) is 4.15. The quantitative estimate of drug-likeness (QED) is 0.780. The Morgan fingerprint density at radius 2 is 2.36 bits per heavy atom. The number of nitrogens with two attached hydrogens (primary N) is 1. The van der Waals surface area contributed by atoms with Gasteiger partial charge in [-0.25, -0.2) is 4.98 Å². The van der Waals surface area contributed by atoms with Gasteiger partial charge in [0.1, 0.15) is 5.15 Å². The lowest BCUT2D eigenvalue weighted by molar-refractivity contribution is 0.592. The lowest BCUT2D eigenvalue weighted by Crippen LogP contribution is -2.12. The Morgan fingerprint density at radius 1 is 1.64 bits per heavy atom. The van der Waals surface area contributed by atoms with Gasteiger partial charge in [-0.15, -0.1) is 0 Å². The highest BCUT2D eigenvalue weighted by molar-refractivity contribution is 6.29. The van der Waals surface area contributed by atoms with Crippen LogP contribution in [0.25, 0.3) is 0 Å². The van der Waals surface area contributed by atoms with E-state index in [0.717, 1.165) is 23.5 Å². The smallest absolute Gasteiger partial charge is 0.129 e. The van der Waals surface area contributed by atoms with E-state index in [0.29, 0.717) is 5.15 Å². The molecule has 2 N–H and O–H groups in total. The van der Waals surface area contributed by atoms with Crippen molar-refractivity contribution in [3.8, 4) is 0 Å². The van der Waals surface area contributed by atoms with Crippen LogP contribution in [-0.2, 0) is 0 Å². The summed E-state index contributed by atoms with van der Waals surface area (Å²) in [7, 11) is 0. The minimum Gasteiger partial charge on any atom is -0.324 e. The number of aryl methyl sites for hydroxylation is 1. The minimum atomic E-state index is 0.132. The molecule has 76 valence electrons. The fourth-order valence-corrected chi connectivity index (χ4v) is 1.97. The molecule has 1 heterocycles. The molecular formula is C11H15ClN2. The normalized spacial score (nSPS) is 18.2. The van der Waals surface area contributed by atoms with Crippen LogP contribution in [-0.4, -0.2) is 4.98 Å². The third kappa shape index (κ3) is 2.25. The SMILES string of the molecule is Cc1cc(Cl)ncc1[C@H](N)CC1CC1. The van der Waals surface area contributed by atoms with Crippen molar-refractivity contribution in [2.75, 3.05) is 0 Å². The predicted molar refractivity (Wildman–Crippen MR) is 58.3 cm³/mol. The summed E-state index contributed by atoms with van der Waals surface area (Å²) in [4.78, 5) is 4.07. The molecule has 3 heteroatoms. The molecule has 2 nitrogen and oxygen atoms in total. The first-order valence-electron chi connectivity index (χ1n) is 5.04. The monoisotopic (exact) mass is 210 g/mol. The third-order valence-corrected chi connectivity index (χ3v) is 3.01. The van der Waals surface area contributed by atoms with Crippen LogP contribution in [0.4, 0.5) is 0 Å². The molecule has 0 aromatic carbocycles. The molecule has 1 aliphatic carbocycles. The van der Waals surface area contributed by atoms with Gasteiger partial charge in [0.05, 0.1) is 0 Å². The van der Waals surface area contributed by atoms with Crippen molar-refractivity contribution < 1.29 is 0 Å². The fraction of sp³-hybridized carbons (Fsp3) is 0.545. The van der Waals surface area contributed by atoms with Crippen LogP contribution in [0.3, 0.4) is 0 Å². The summed E-state index contributed by atoms with van der Waals surface area (Å²) in [5.41, 5.74) is 8.39. The van der Waals surface area contributed by atoms with Crippen molar-refractivity contribution in [1.82, 2.24) is 4.98 Å². The molecule has 2 rings (SSSR count). The van der Waals surface area contributed by atoms with E-state index in [1.165, 1.54) is 12.8 Å². The number of hydrogen-bond donors (Lipinski definition) is 1.